The van der Waals surface area contributed by atoms with E-state index in [4.69, 9.17) is 0 Å². The molecule has 0 radical (unpaired) electrons. The average molecular weight is 267 g/mol. The van der Waals surface area contributed by atoms with Gasteiger partial charge in [0.05, 0.1) is 9.66 Å². The van der Waals surface area contributed by atoms with Gasteiger partial charge >= 0.3 is 0 Å². The Bertz CT molecular complexity index is 435. The van der Waals surface area contributed by atoms with E-state index in [1.54, 1.807) is 30.0 Å². The van der Waals surface area contributed by atoms with Crippen molar-refractivity contribution in [1.82, 2.24) is 4.90 Å². The fourth-order valence-electron chi connectivity index (χ4n) is 1.67. The number of para-hydroxylation sites is 1. The Morgan fingerprint density at radius 2 is 2.00 bits per heavy atom. The van der Waals surface area contributed by atoms with Crippen LogP contribution in [0.25, 0.3) is 0 Å². The quantitative estimate of drug-likeness (QED) is 0.489. The number of rotatable bonds is 6. The number of nitrogens with zero attached hydrogens (tertiary/aromatic N) is 2. The molecule has 1 aromatic rings. The molecule has 0 heterocycles. The number of benzene rings is 1. The van der Waals surface area contributed by atoms with Crippen molar-refractivity contribution in [2.24, 2.45) is 0 Å². The Labute approximate surface area is 113 Å². The van der Waals surface area contributed by atoms with Gasteiger partial charge in [-0.15, -0.1) is 12.6 Å². The zero-order valence-electron chi connectivity index (χ0n) is 10.8. The number of hydrogen-bond donors (Lipinski definition) is 1. The van der Waals surface area contributed by atoms with Crippen molar-refractivity contribution in [2.45, 2.75) is 31.6 Å². The highest BCUT2D eigenvalue weighted by atomic mass is 32.1. The number of hydrogen-bond acceptors (Lipinski definition) is 3. The molecule has 1 aromatic carbocycles. The van der Waals surface area contributed by atoms with Crippen LogP contribution in [-0.2, 0) is 4.79 Å². The monoisotopic (exact) mass is 267 g/mol. The Balaban J connectivity index is 2.79. The van der Waals surface area contributed by atoms with Crippen LogP contribution in [0.1, 0.15) is 26.7 Å². The lowest BCUT2D eigenvalue weighted by Gasteiger charge is -2.16. The van der Waals surface area contributed by atoms with Gasteiger partial charge in [-0.05, 0) is 12.5 Å². The number of thiol groups is 1. The average Bonchev–Trinajstić information content (AvgIpc) is 2.37. The van der Waals surface area contributed by atoms with E-state index in [-0.39, 0.29) is 12.6 Å². The summed E-state index contributed by atoms with van der Waals surface area (Å²) >= 11 is 4.24. The summed E-state index contributed by atoms with van der Waals surface area (Å²) in [5.41, 5.74) is 0.492. The second kappa shape index (κ2) is 7.16. The molecule has 0 unspecified atom stereocenters. The minimum Gasteiger partial charge on any atom is -0.283 e. The molecule has 4 nitrogen and oxygen atoms in total. The first-order valence-electron chi connectivity index (χ1n) is 6.10. The first-order chi connectivity index (χ1) is 8.60. The van der Waals surface area contributed by atoms with Crippen LogP contribution >= 0.6 is 12.6 Å². The van der Waals surface area contributed by atoms with Crippen LogP contribution < -0.4 is 0 Å². The van der Waals surface area contributed by atoms with Crippen molar-refractivity contribution in [3.63, 3.8) is 0 Å². The molecule has 0 fully saturated rings. The van der Waals surface area contributed by atoms with E-state index in [9.17, 15) is 9.70 Å². The number of carbonyl (C=O) groups excluding carboxylic acids is 1. The molecular formula is C13H19N2O2S+. The maximum absolute atomic E-state index is 12.0. The molecule has 0 saturated carbocycles. The van der Waals surface area contributed by atoms with Crippen molar-refractivity contribution in [2.75, 3.05) is 13.2 Å². The molecular weight excluding hydrogens is 248 g/mol. The van der Waals surface area contributed by atoms with Crippen molar-refractivity contribution in [3.8, 4) is 0 Å². The normalized spacial score (nSPS) is 10.2. The van der Waals surface area contributed by atoms with E-state index in [2.05, 4.69) is 12.6 Å². The topological polar surface area (TPSA) is 40.4 Å². The standard InChI is InChI=1S/C13H18N2O2S/c1-3-9-14(13(16)4-2)10-15(17)11-7-5-6-8-12(11)18/h5-8H,3-4,9-10H2,1-2H3/p+1. The Morgan fingerprint density at radius 3 is 2.56 bits per heavy atom. The molecule has 0 aliphatic rings. The molecule has 5 heteroatoms. The summed E-state index contributed by atoms with van der Waals surface area (Å²) in [6, 6.07) is 7.07. The van der Waals surface area contributed by atoms with E-state index in [1.807, 2.05) is 13.0 Å². The van der Waals surface area contributed by atoms with E-state index in [0.717, 1.165) is 11.2 Å². The van der Waals surface area contributed by atoms with Gasteiger partial charge in [0.15, 0.2) is 0 Å². The van der Waals surface area contributed by atoms with Gasteiger partial charge in [0.25, 0.3) is 12.4 Å². The van der Waals surface area contributed by atoms with Crippen LogP contribution in [0.4, 0.5) is 5.69 Å². The SMILES string of the molecule is CCCN(C[N+](=O)c1ccccc1S)C(=O)CC. The highest BCUT2D eigenvalue weighted by molar-refractivity contribution is 7.80. The van der Waals surface area contributed by atoms with E-state index in [0.29, 0.717) is 23.5 Å². The van der Waals surface area contributed by atoms with Crippen molar-refractivity contribution in [1.29, 1.82) is 0 Å². The predicted molar refractivity (Wildman–Crippen MR) is 74.1 cm³/mol. The van der Waals surface area contributed by atoms with Gasteiger partial charge in [-0.2, -0.15) is 0 Å². The molecule has 0 aliphatic heterocycles. The van der Waals surface area contributed by atoms with E-state index >= 15 is 0 Å². The van der Waals surface area contributed by atoms with E-state index < -0.39 is 0 Å². The first-order valence-corrected chi connectivity index (χ1v) is 6.55. The van der Waals surface area contributed by atoms with Gasteiger partial charge in [0, 0.05) is 23.9 Å². The van der Waals surface area contributed by atoms with Crippen LogP contribution in [0.3, 0.4) is 0 Å². The highest BCUT2D eigenvalue weighted by Crippen LogP contribution is 2.21. The maximum Gasteiger partial charge on any atom is 0.275 e. The number of carbonyl (C=O) groups is 1. The third-order valence-electron chi connectivity index (χ3n) is 2.60. The van der Waals surface area contributed by atoms with Gasteiger partial charge in [-0.1, -0.05) is 26.0 Å². The van der Waals surface area contributed by atoms with Crippen molar-refractivity contribution >= 4 is 24.2 Å². The molecule has 0 atom stereocenters. The molecule has 0 N–H and O–H groups in total. The highest BCUT2D eigenvalue weighted by Gasteiger charge is 2.23. The van der Waals surface area contributed by atoms with Gasteiger partial charge in [0.1, 0.15) is 0 Å². The Kier molecular flexibility index (Phi) is 5.85. The number of amides is 1. The molecule has 0 spiro atoms. The van der Waals surface area contributed by atoms with Gasteiger partial charge < -0.3 is 0 Å². The Morgan fingerprint density at radius 1 is 1.33 bits per heavy atom. The molecule has 0 aromatic heterocycles. The summed E-state index contributed by atoms with van der Waals surface area (Å²) in [6.07, 6.45) is 1.25. The molecule has 0 aliphatic carbocycles. The maximum atomic E-state index is 12.0. The molecule has 1 amide bonds. The first kappa shape index (κ1) is 14.7. The predicted octanol–water partition coefficient (Wildman–Crippen LogP) is 2.99. The van der Waals surface area contributed by atoms with Crippen molar-refractivity contribution in [3.05, 3.63) is 29.2 Å². The fourth-order valence-corrected chi connectivity index (χ4v) is 1.95. The summed E-state index contributed by atoms with van der Waals surface area (Å²) in [6.45, 7) is 4.43. The van der Waals surface area contributed by atoms with Crippen LogP contribution in [0.15, 0.2) is 29.2 Å². The minimum absolute atomic E-state index is 0.00524. The second-order valence-corrected chi connectivity index (χ2v) is 4.50. The lowest BCUT2D eigenvalue weighted by molar-refractivity contribution is -0.486. The minimum atomic E-state index is -0.00524. The van der Waals surface area contributed by atoms with Gasteiger partial charge in [0.2, 0.25) is 5.91 Å². The summed E-state index contributed by atoms with van der Waals surface area (Å²) in [5, 5.41) is 0. The smallest absolute Gasteiger partial charge is 0.275 e. The molecule has 0 bridgehead atoms. The summed E-state index contributed by atoms with van der Waals surface area (Å²) in [5.74, 6) is -0.00524. The van der Waals surface area contributed by atoms with Crippen molar-refractivity contribution < 1.29 is 9.55 Å². The second-order valence-electron chi connectivity index (χ2n) is 4.02. The lowest BCUT2D eigenvalue weighted by Crippen LogP contribution is -2.35. The van der Waals surface area contributed by atoms with E-state index in [1.165, 1.54) is 0 Å². The zero-order valence-corrected chi connectivity index (χ0v) is 11.7. The van der Waals surface area contributed by atoms with Crippen LogP contribution in [0, 0.1) is 4.91 Å². The lowest BCUT2D eigenvalue weighted by atomic mass is 10.3. The summed E-state index contributed by atoms with van der Waals surface area (Å²) in [7, 11) is 0. The third kappa shape index (κ3) is 3.84. The summed E-state index contributed by atoms with van der Waals surface area (Å²) < 4.78 is 0.811. The van der Waals surface area contributed by atoms with Crippen LogP contribution in [0.5, 0.6) is 0 Å². The van der Waals surface area contributed by atoms with Gasteiger partial charge in [-0.25, -0.2) is 0 Å². The Hall–Kier alpha value is -1.36. The van der Waals surface area contributed by atoms with Crippen LogP contribution in [0.2, 0.25) is 0 Å². The molecule has 0 saturated heterocycles. The third-order valence-corrected chi connectivity index (χ3v) is 2.98. The molecule has 1 rings (SSSR count). The summed E-state index contributed by atoms with van der Waals surface area (Å²) in [4.78, 5) is 25.9. The fraction of sp³-hybridized carbons (Fsp3) is 0.462. The molecule has 98 valence electrons. The van der Waals surface area contributed by atoms with Gasteiger partial charge in [-0.3, -0.25) is 9.69 Å². The molecule has 18 heavy (non-hydrogen) atoms. The zero-order chi connectivity index (χ0) is 13.5. The number of nitroso groups, excluding NO2 is 1. The van der Waals surface area contributed by atoms with Crippen LogP contribution in [-0.4, -0.2) is 28.8 Å². The largest absolute Gasteiger partial charge is 0.283 e.